The van der Waals surface area contributed by atoms with Crippen molar-refractivity contribution in [1.29, 1.82) is 0 Å². The molecule has 0 aliphatic rings. The Morgan fingerprint density at radius 2 is 2.14 bits per heavy atom. The monoisotopic (exact) mass is 329 g/mol. The predicted octanol–water partition coefficient (Wildman–Crippen LogP) is 3.43. The normalized spacial score (nSPS) is 12.5. The fourth-order valence-corrected chi connectivity index (χ4v) is 3.51. The van der Waals surface area contributed by atoms with Crippen LogP contribution in [0.5, 0.6) is 0 Å². The van der Waals surface area contributed by atoms with Crippen LogP contribution in [0.4, 0.5) is 0 Å². The average molecular weight is 329 g/mol. The molecule has 0 fully saturated rings. The molecule has 0 bridgehead atoms. The lowest BCUT2D eigenvalue weighted by Crippen LogP contribution is -2.30. The van der Waals surface area contributed by atoms with Gasteiger partial charge in [0.2, 0.25) is 5.91 Å². The molecule has 0 radical (unpaired) electrons. The zero-order chi connectivity index (χ0) is 15.2. The van der Waals surface area contributed by atoms with Crippen LogP contribution in [-0.4, -0.2) is 22.2 Å². The van der Waals surface area contributed by atoms with E-state index in [9.17, 15) is 4.79 Å². The molecule has 0 unspecified atom stereocenters. The van der Waals surface area contributed by atoms with Gasteiger partial charge in [-0.3, -0.25) is 9.48 Å². The first-order chi connectivity index (χ1) is 10.8. The summed E-state index contributed by atoms with van der Waals surface area (Å²) in [5, 5.41) is 11.3. The molecule has 1 atom stereocenters. The molecule has 0 aromatic carbocycles. The van der Waals surface area contributed by atoms with Gasteiger partial charge in [-0.2, -0.15) is 5.10 Å². The van der Waals surface area contributed by atoms with Gasteiger partial charge in [-0.1, -0.05) is 12.1 Å². The Hall–Kier alpha value is -2.18. The lowest BCUT2D eigenvalue weighted by atomic mass is 10.2. The number of nitrogens with zero attached hydrogens (tertiary/aromatic N) is 2. The second-order valence-corrected chi connectivity index (χ2v) is 6.57. The third-order valence-corrected chi connectivity index (χ3v) is 4.94. The van der Waals surface area contributed by atoms with E-state index in [0.717, 1.165) is 4.88 Å². The van der Waals surface area contributed by atoms with Crippen molar-refractivity contribution in [3.63, 3.8) is 0 Å². The van der Waals surface area contributed by atoms with Gasteiger partial charge in [0.1, 0.15) is 6.04 Å². The van der Waals surface area contributed by atoms with Crippen molar-refractivity contribution in [3.05, 3.63) is 69.3 Å². The molecule has 6 heteroatoms. The quantitative estimate of drug-likeness (QED) is 0.704. The van der Waals surface area contributed by atoms with E-state index in [1.165, 1.54) is 4.88 Å². The number of nitrogens with one attached hydrogen (secondary N) is 1. The number of carbonyl (C=O) groups excluding carboxylic acids is 1. The van der Waals surface area contributed by atoms with E-state index in [0.29, 0.717) is 6.54 Å². The number of hydrogen-bond acceptors (Lipinski definition) is 4. The summed E-state index contributed by atoms with van der Waals surface area (Å²) in [5.74, 6) is -0.0953. The van der Waals surface area contributed by atoms with Gasteiger partial charge in [0.15, 0.2) is 0 Å². The number of amides is 1. The molecule has 0 saturated heterocycles. The number of aromatic nitrogens is 2. The Bertz CT molecular complexity index is 681. The third kappa shape index (κ3) is 3.72. The smallest absolute Gasteiger partial charge is 0.244 e. The van der Waals surface area contributed by atoms with Crippen LogP contribution in [0, 0.1) is 0 Å². The molecule has 4 nitrogen and oxygen atoms in total. The van der Waals surface area contributed by atoms with E-state index in [1.54, 1.807) is 34.9 Å². The van der Waals surface area contributed by atoms with Crippen LogP contribution in [-0.2, 0) is 4.79 Å². The molecule has 112 valence electrons. The highest BCUT2D eigenvalue weighted by atomic mass is 32.1. The van der Waals surface area contributed by atoms with Crippen molar-refractivity contribution >= 4 is 34.7 Å². The van der Waals surface area contributed by atoms with E-state index in [4.69, 9.17) is 0 Å². The first kappa shape index (κ1) is 14.7. The minimum absolute atomic E-state index is 0.0223. The van der Waals surface area contributed by atoms with Crippen molar-refractivity contribution in [2.45, 2.75) is 6.04 Å². The van der Waals surface area contributed by atoms with Crippen molar-refractivity contribution in [2.24, 2.45) is 0 Å². The Morgan fingerprint density at radius 1 is 1.27 bits per heavy atom. The van der Waals surface area contributed by atoms with Gasteiger partial charge in [0.25, 0.3) is 0 Å². The minimum Gasteiger partial charge on any atom is -0.350 e. The van der Waals surface area contributed by atoms with Gasteiger partial charge in [-0.15, -0.1) is 22.7 Å². The summed E-state index contributed by atoms with van der Waals surface area (Å²) in [4.78, 5) is 14.2. The zero-order valence-corrected chi connectivity index (χ0v) is 13.4. The van der Waals surface area contributed by atoms with Crippen LogP contribution in [0.1, 0.15) is 15.8 Å². The molecule has 1 N–H and O–H groups in total. The second-order valence-electron chi connectivity index (χ2n) is 4.61. The van der Waals surface area contributed by atoms with Crippen LogP contribution in [0.3, 0.4) is 0 Å². The fraction of sp³-hybridized carbons (Fsp3) is 0.125. The maximum Gasteiger partial charge on any atom is 0.244 e. The molecule has 3 aromatic rings. The lowest BCUT2D eigenvalue weighted by molar-refractivity contribution is -0.116. The maximum atomic E-state index is 12.0. The molecule has 1 amide bonds. The van der Waals surface area contributed by atoms with Crippen LogP contribution < -0.4 is 5.32 Å². The molecule has 3 rings (SSSR count). The molecule has 3 heterocycles. The first-order valence-electron chi connectivity index (χ1n) is 6.85. The zero-order valence-electron chi connectivity index (χ0n) is 11.8. The first-order valence-corrected chi connectivity index (χ1v) is 8.61. The third-order valence-electron chi connectivity index (χ3n) is 3.13. The van der Waals surface area contributed by atoms with Gasteiger partial charge in [0, 0.05) is 34.8 Å². The minimum atomic E-state index is -0.0953. The van der Waals surface area contributed by atoms with Crippen LogP contribution in [0.25, 0.3) is 6.08 Å². The summed E-state index contributed by atoms with van der Waals surface area (Å²) in [6, 6.07) is 9.92. The SMILES string of the molecule is O=C(/C=C/c1cccs1)NC[C@@H](c1cccs1)n1cccn1. The Balaban J connectivity index is 1.63. The fourth-order valence-electron chi connectivity index (χ4n) is 2.07. The van der Waals surface area contributed by atoms with Gasteiger partial charge >= 0.3 is 0 Å². The summed E-state index contributed by atoms with van der Waals surface area (Å²) in [6.45, 7) is 0.510. The molecule has 3 aromatic heterocycles. The van der Waals surface area contributed by atoms with Crippen molar-refractivity contribution in [2.75, 3.05) is 6.54 Å². The number of thiophene rings is 2. The van der Waals surface area contributed by atoms with Gasteiger partial charge in [0.05, 0.1) is 0 Å². The summed E-state index contributed by atoms with van der Waals surface area (Å²) in [6.07, 6.45) is 7.06. The summed E-state index contributed by atoms with van der Waals surface area (Å²) < 4.78 is 1.87. The van der Waals surface area contributed by atoms with E-state index < -0.39 is 0 Å². The van der Waals surface area contributed by atoms with E-state index in [2.05, 4.69) is 16.5 Å². The molecular weight excluding hydrogens is 314 g/mol. The van der Waals surface area contributed by atoms with E-state index in [1.807, 2.05) is 52.0 Å². The van der Waals surface area contributed by atoms with Gasteiger partial charge in [-0.25, -0.2) is 0 Å². The Kier molecular flexibility index (Phi) is 4.82. The molecule has 0 aliphatic heterocycles. The Labute approximate surface area is 136 Å². The highest BCUT2D eigenvalue weighted by Crippen LogP contribution is 2.21. The van der Waals surface area contributed by atoms with Crippen molar-refractivity contribution in [3.8, 4) is 0 Å². The summed E-state index contributed by atoms with van der Waals surface area (Å²) in [5.41, 5.74) is 0. The van der Waals surface area contributed by atoms with E-state index in [-0.39, 0.29) is 11.9 Å². The number of carbonyl (C=O) groups is 1. The van der Waals surface area contributed by atoms with Gasteiger partial charge < -0.3 is 5.32 Å². The predicted molar refractivity (Wildman–Crippen MR) is 91.0 cm³/mol. The summed E-state index contributed by atoms with van der Waals surface area (Å²) in [7, 11) is 0. The van der Waals surface area contributed by atoms with Crippen LogP contribution >= 0.6 is 22.7 Å². The molecule has 22 heavy (non-hydrogen) atoms. The topological polar surface area (TPSA) is 46.9 Å². The Morgan fingerprint density at radius 3 is 2.82 bits per heavy atom. The van der Waals surface area contributed by atoms with Gasteiger partial charge in [-0.05, 0) is 35.0 Å². The highest BCUT2D eigenvalue weighted by Gasteiger charge is 2.15. The molecular formula is C16H15N3OS2. The second kappa shape index (κ2) is 7.20. The largest absolute Gasteiger partial charge is 0.350 e. The highest BCUT2D eigenvalue weighted by molar-refractivity contribution is 7.10. The standard InChI is InChI=1S/C16H15N3OS2/c20-16(7-6-13-4-1-10-21-13)17-12-14(15-5-2-11-22-15)19-9-3-8-18-19/h1-11,14H,12H2,(H,17,20)/b7-6+/t14-/m0/s1. The van der Waals surface area contributed by atoms with E-state index >= 15 is 0 Å². The van der Waals surface area contributed by atoms with Crippen molar-refractivity contribution in [1.82, 2.24) is 15.1 Å². The summed E-state index contributed by atoms with van der Waals surface area (Å²) >= 11 is 3.27. The lowest BCUT2D eigenvalue weighted by Gasteiger charge is -2.16. The van der Waals surface area contributed by atoms with Crippen LogP contribution in [0.15, 0.2) is 59.6 Å². The van der Waals surface area contributed by atoms with Crippen molar-refractivity contribution < 1.29 is 4.79 Å². The average Bonchev–Trinajstić information content (AvgIpc) is 3.27. The molecule has 0 spiro atoms. The molecule has 0 saturated carbocycles. The molecule has 0 aliphatic carbocycles. The number of rotatable bonds is 6. The van der Waals surface area contributed by atoms with Crippen LogP contribution in [0.2, 0.25) is 0 Å². The maximum absolute atomic E-state index is 12.0. The number of hydrogen-bond donors (Lipinski definition) is 1.